The zero-order valence-electron chi connectivity index (χ0n) is 11.2. The third-order valence-corrected chi connectivity index (χ3v) is 2.98. The maximum atomic E-state index is 12.2. The zero-order chi connectivity index (χ0) is 14.0. The van der Waals surface area contributed by atoms with Crippen molar-refractivity contribution in [2.75, 3.05) is 13.9 Å². The number of rotatable bonds is 5. The lowest BCUT2D eigenvalue weighted by atomic mass is 9.94. The Morgan fingerprint density at radius 3 is 2.74 bits per heavy atom. The monoisotopic (exact) mass is 264 g/mol. The number of ketones is 2. The molecule has 1 aliphatic heterocycles. The second kappa shape index (κ2) is 5.30. The van der Waals surface area contributed by atoms with Gasteiger partial charge in [-0.25, -0.2) is 0 Å². The molecule has 5 heteroatoms. The van der Waals surface area contributed by atoms with Gasteiger partial charge in [-0.3, -0.25) is 4.79 Å². The van der Waals surface area contributed by atoms with E-state index in [0.717, 1.165) is 0 Å². The van der Waals surface area contributed by atoms with Crippen LogP contribution in [0.15, 0.2) is 12.1 Å². The lowest BCUT2D eigenvalue weighted by molar-refractivity contribution is -0.117. The van der Waals surface area contributed by atoms with E-state index in [0.29, 0.717) is 22.8 Å². The van der Waals surface area contributed by atoms with Crippen molar-refractivity contribution in [3.8, 4) is 17.2 Å². The van der Waals surface area contributed by atoms with Gasteiger partial charge in [-0.2, -0.15) is 0 Å². The number of carbonyl (C=O) groups excluding carboxylic acids is 2. The van der Waals surface area contributed by atoms with Crippen molar-refractivity contribution >= 4 is 11.6 Å². The van der Waals surface area contributed by atoms with Gasteiger partial charge in [0.2, 0.25) is 12.5 Å². The molecule has 19 heavy (non-hydrogen) atoms. The number of hydrogen-bond donors (Lipinski definition) is 0. The van der Waals surface area contributed by atoms with Crippen molar-refractivity contribution in [3.05, 3.63) is 17.7 Å². The number of benzene rings is 1. The number of hydrogen-bond acceptors (Lipinski definition) is 5. The van der Waals surface area contributed by atoms with E-state index in [1.165, 1.54) is 14.0 Å². The van der Waals surface area contributed by atoms with E-state index < -0.39 is 0 Å². The lowest BCUT2D eigenvalue weighted by Gasteiger charge is -2.11. The van der Waals surface area contributed by atoms with E-state index >= 15 is 0 Å². The summed E-state index contributed by atoms with van der Waals surface area (Å²) < 4.78 is 15.7. The molecule has 0 bridgehead atoms. The van der Waals surface area contributed by atoms with Gasteiger partial charge in [-0.15, -0.1) is 0 Å². The zero-order valence-corrected chi connectivity index (χ0v) is 11.2. The van der Waals surface area contributed by atoms with Gasteiger partial charge in [0.05, 0.1) is 7.11 Å². The molecule has 1 atom stereocenters. The standard InChI is InChI=1S/C14H16O5/c1-8(4-9(2)15)13(16)10-5-11(17-3)14-12(6-10)18-7-19-14/h5-6,8H,4,7H2,1-3H3. The third kappa shape index (κ3) is 2.70. The van der Waals surface area contributed by atoms with E-state index in [1.807, 2.05) is 0 Å². The summed E-state index contributed by atoms with van der Waals surface area (Å²) >= 11 is 0. The van der Waals surface area contributed by atoms with E-state index in [1.54, 1.807) is 19.1 Å². The van der Waals surface area contributed by atoms with E-state index in [-0.39, 0.29) is 30.7 Å². The molecular formula is C14H16O5. The quantitative estimate of drug-likeness (QED) is 0.763. The minimum Gasteiger partial charge on any atom is -0.493 e. The molecule has 0 saturated heterocycles. The second-order valence-corrected chi connectivity index (χ2v) is 4.58. The number of methoxy groups -OCH3 is 1. The highest BCUT2D eigenvalue weighted by Crippen LogP contribution is 2.42. The van der Waals surface area contributed by atoms with Gasteiger partial charge < -0.3 is 19.0 Å². The first-order valence-corrected chi connectivity index (χ1v) is 6.04. The summed E-state index contributed by atoms with van der Waals surface area (Å²) in [4.78, 5) is 23.3. The SMILES string of the molecule is COc1cc(C(=O)C(C)CC(C)=O)cc2c1OCO2. The summed E-state index contributed by atoms with van der Waals surface area (Å²) in [6, 6.07) is 3.25. The summed E-state index contributed by atoms with van der Waals surface area (Å²) in [6.07, 6.45) is 0.232. The molecule has 0 N–H and O–H groups in total. The maximum Gasteiger partial charge on any atom is 0.231 e. The Kier molecular flexibility index (Phi) is 3.74. The highest BCUT2D eigenvalue weighted by Gasteiger charge is 2.24. The summed E-state index contributed by atoms with van der Waals surface area (Å²) in [5.74, 6) is 1.01. The normalized spacial score (nSPS) is 14.1. The van der Waals surface area contributed by atoms with Crippen molar-refractivity contribution < 1.29 is 23.8 Å². The van der Waals surface area contributed by atoms with Gasteiger partial charge in [0.1, 0.15) is 5.78 Å². The first-order valence-electron chi connectivity index (χ1n) is 6.04. The Balaban J connectivity index is 2.30. The Morgan fingerprint density at radius 2 is 2.11 bits per heavy atom. The predicted molar refractivity (Wildman–Crippen MR) is 67.9 cm³/mol. The first kappa shape index (κ1) is 13.4. The minimum absolute atomic E-state index is 0.00596. The largest absolute Gasteiger partial charge is 0.493 e. The third-order valence-electron chi connectivity index (χ3n) is 2.98. The molecule has 0 amide bonds. The van der Waals surface area contributed by atoms with Crippen LogP contribution in [-0.4, -0.2) is 25.5 Å². The van der Waals surface area contributed by atoms with Crippen molar-refractivity contribution in [1.29, 1.82) is 0 Å². The molecule has 5 nitrogen and oxygen atoms in total. The second-order valence-electron chi connectivity index (χ2n) is 4.58. The summed E-state index contributed by atoms with van der Waals surface area (Å²) in [6.45, 7) is 3.33. The number of fused-ring (bicyclic) bond motifs is 1. The molecule has 1 aliphatic rings. The van der Waals surface area contributed by atoms with Crippen LogP contribution in [0.5, 0.6) is 17.2 Å². The Morgan fingerprint density at radius 1 is 1.37 bits per heavy atom. The average molecular weight is 264 g/mol. The molecule has 0 spiro atoms. The molecule has 1 aromatic rings. The van der Waals surface area contributed by atoms with Crippen LogP contribution in [0.1, 0.15) is 30.6 Å². The maximum absolute atomic E-state index is 12.2. The molecule has 0 saturated carbocycles. The Labute approximate surface area is 111 Å². The van der Waals surface area contributed by atoms with Gasteiger partial charge in [-0.05, 0) is 19.1 Å². The minimum atomic E-state index is -0.359. The number of ether oxygens (including phenoxy) is 3. The molecule has 0 aliphatic carbocycles. The van der Waals surface area contributed by atoms with Crippen LogP contribution in [0.4, 0.5) is 0 Å². The van der Waals surface area contributed by atoms with Crippen LogP contribution in [0.25, 0.3) is 0 Å². The van der Waals surface area contributed by atoms with Crippen molar-refractivity contribution in [1.82, 2.24) is 0 Å². The highest BCUT2D eigenvalue weighted by atomic mass is 16.7. The fraction of sp³-hybridized carbons (Fsp3) is 0.429. The fourth-order valence-electron chi connectivity index (χ4n) is 2.08. The fourth-order valence-corrected chi connectivity index (χ4v) is 2.08. The summed E-state index contributed by atoms with van der Waals surface area (Å²) in [7, 11) is 1.50. The average Bonchev–Trinajstić information content (AvgIpc) is 2.83. The van der Waals surface area contributed by atoms with Gasteiger partial charge in [-0.1, -0.05) is 6.92 Å². The van der Waals surface area contributed by atoms with Crippen LogP contribution < -0.4 is 14.2 Å². The van der Waals surface area contributed by atoms with Crippen molar-refractivity contribution in [2.45, 2.75) is 20.3 Å². The molecule has 1 heterocycles. The van der Waals surface area contributed by atoms with Gasteiger partial charge in [0.15, 0.2) is 17.3 Å². The first-order chi connectivity index (χ1) is 9.02. The van der Waals surface area contributed by atoms with Crippen molar-refractivity contribution in [2.24, 2.45) is 5.92 Å². The Bertz CT molecular complexity index is 521. The topological polar surface area (TPSA) is 61.8 Å². The molecule has 102 valence electrons. The van der Waals surface area contributed by atoms with Crippen LogP contribution in [0.3, 0.4) is 0 Å². The van der Waals surface area contributed by atoms with E-state index in [4.69, 9.17) is 14.2 Å². The lowest BCUT2D eigenvalue weighted by Crippen LogP contribution is -2.14. The predicted octanol–water partition coefficient (Wildman–Crippen LogP) is 2.22. The van der Waals surface area contributed by atoms with E-state index in [9.17, 15) is 9.59 Å². The molecule has 1 unspecified atom stereocenters. The molecule has 0 fully saturated rings. The van der Waals surface area contributed by atoms with Crippen LogP contribution in [0.2, 0.25) is 0 Å². The molecular weight excluding hydrogens is 248 g/mol. The molecule has 0 radical (unpaired) electrons. The van der Waals surface area contributed by atoms with Crippen molar-refractivity contribution in [3.63, 3.8) is 0 Å². The van der Waals surface area contributed by atoms with Crippen LogP contribution in [0, 0.1) is 5.92 Å². The molecule has 2 rings (SSSR count). The smallest absolute Gasteiger partial charge is 0.231 e. The van der Waals surface area contributed by atoms with Gasteiger partial charge >= 0.3 is 0 Å². The summed E-state index contributed by atoms with van der Waals surface area (Å²) in [5, 5.41) is 0. The summed E-state index contributed by atoms with van der Waals surface area (Å²) in [5.41, 5.74) is 0.467. The Hall–Kier alpha value is -2.04. The van der Waals surface area contributed by atoms with Crippen LogP contribution >= 0.6 is 0 Å². The van der Waals surface area contributed by atoms with E-state index in [2.05, 4.69) is 0 Å². The van der Waals surface area contributed by atoms with Gasteiger partial charge in [0.25, 0.3) is 0 Å². The number of carbonyl (C=O) groups is 2. The molecule has 0 aromatic heterocycles. The van der Waals surface area contributed by atoms with Crippen LogP contribution in [-0.2, 0) is 4.79 Å². The number of Topliss-reactive ketones (excluding diaryl/α,β-unsaturated/α-hetero) is 2. The van der Waals surface area contributed by atoms with Gasteiger partial charge in [0, 0.05) is 17.9 Å². The molecule has 1 aromatic carbocycles. The highest BCUT2D eigenvalue weighted by molar-refractivity contribution is 6.00.